The van der Waals surface area contributed by atoms with Crippen molar-refractivity contribution in [2.75, 3.05) is 20.6 Å². The molecular formula is C18H20N2O3. The van der Waals surface area contributed by atoms with Gasteiger partial charge >= 0.3 is 0 Å². The Hall–Kier alpha value is -2.56. The van der Waals surface area contributed by atoms with E-state index in [9.17, 15) is 14.7 Å². The van der Waals surface area contributed by atoms with Gasteiger partial charge in [0.25, 0.3) is 5.91 Å². The molecule has 120 valence electrons. The number of carbonyl (C=O) groups is 2. The molecule has 0 aliphatic carbocycles. The summed E-state index contributed by atoms with van der Waals surface area (Å²) in [5, 5.41) is 11.5. The lowest BCUT2D eigenvalue weighted by Gasteiger charge is -2.26. The van der Waals surface area contributed by atoms with Gasteiger partial charge in [0.05, 0.1) is 5.56 Å². The standard InChI is InChI=1S/C18H20N2O3/c1-19(2)18(23)14-9-5-11-20(14)17(22)13-8-3-6-12-7-4-10-15(21)16(12)13/h3-4,6-8,10,14,21H,5,9,11H2,1-2H3. The van der Waals surface area contributed by atoms with Crippen LogP contribution in [0.5, 0.6) is 5.75 Å². The van der Waals surface area contributed by atoms with Crippen LogP contribution in [0.25, 0.3) is 10.8 Å². The second-order valence-corrected chi connectivity index (χ2v) is 6.07. The summed E-state index contributed by atoms with van der Waals surface area (Å²) in [4.78, 5) is 28.5. The van der Waals surface area contributed by atoms with E-state index in [0.29, 0.717) is 23.9 Å². The molecule has 1 fully saturated rings. The van der Waals surface area contributed by atoms with E-state index in [4.69, 9.17) is 0 Å². The number of likely N-dealkylation sites (N-methyl/N-ethyl adjacent to an activating group) is 1. The van der Waals surface area contributed by atoms with Gasteiger partial charge in [-0.1, -0.05) is 24.3 Å². The number of hydrogen-bond donors (Lipinski definition) is 1. The molecule has 1 saturated heterocycles. The monoisotopic (exact) mass is 312 g/mol. The van der Waals surface area contributed by atoms with Crippen LogP contribution in [0.15, 0.2) is 36.4 Å². The number of rotatable bonds is 2. The number of aromatic hydroxyl groups is 1. The minimum atomic E-state index is -0.418. The Balaban J connectivity index is 2.02. The predicted octanol–water partition coefficient (Wildman–Crippen LogP) is 2.24. The molecule has 1 heterocycles. The molecule has 0 bridgehead atoms. The smallest absolute Gasteiger partial charge is 0.255 e. The van der Waals surface area contributed by atoms with Crippen LogP contribution < -0.4 is 0 Å². The Morgan fingerprint density at radius 3 is 2.57 bits per heavy atom. The fraction of sp³-hybridized carbons (Fsp3) is 0.333. The van der Waals surface area contributed by atoms with Crippen LogP contribution in [0.1, 0.15) is 23.2 Å². The van der Waals surface area contributed by atoms with Crippen LogP contribution in [0.4, 0.5) is 0 Å². The van der Waals surface area contributed by atoms with Gasteiger partial charge in [-0.05, 0) is 30.4 Å². The quantitative estimate of drug-likeness (QED) is 0.925. The van der Waals surface area contributed by atoms with Crippen molar-refractivity contribution >= 4 is 22.6 Å². The van der Waals surface area contributed by atoms with Gasteiger partial charge in [0.1, 0.15) is 11.8 Å². The first kappa shape index (κ1) is 15.3. The first-order valence-corrected chi connectivity index (χ1v) is 7.73. The first-order valence-electron chi connectivity index (χ1n) is 7.73. The van der Waals surface area contributed by atoms with E-state index >= 15 is 0 Å². The number of benzene rings is 2. The third kappa shape index (κ3) is 2.63. The number of likely N-dealkylation sites (tertiary alicyclic amines) is 1. The van der Waals surface area contributed by atoms with Crippen molar-refractivity contribution in [1.29, 1.82) is 0 Å². The van der Waals surface area contributed by atoms with Gasteiger partial charge in [0, 0.05) is 26.0 Å². The molecule has 0 aromatic heterocycles. The van der Waals surface area contributed by atoms with Crippen molar-refractivity contribution in [3.8, 4) is 5.75 Å². The van der Waals surface area contributed by atoms with E-state index in [1.165, 1.54) is 4.90 Å². The maximum absolute atomic E-state index is 13.0. The van der Waals surface area contributed by atoms with E-state index < -0.39 is 6.04 Å². The molecule has 1 atom stereocenters. The molecule has 3 rings (SSSR count). The fourth-order valence-electron chi connectivity index (χ4n) is 3.22. The molecule has 0 spiro atoms. The molecule has 0 saturated carbocycles. The summed E-state index contributed by atoms with van der Waals surface area (Å²) >= 11 is 0. The maximum atomic E-state index is 13.0. The summed E-state index contributed by atoms with van der Waals surface area (Å²) < 4.78 is 0. The number of nitrogens with zero attached hydrogens (tertiary/aromatic N) is 2. The van der Waals surface area contributed by atoms with Gasteiger partial charge in [-0.2, -0.15) is 0 Å². The Morgan fingerprint density at radius 2 is 1.87 bits per heavy atom. The SMILES string of the molecule is CN(C)C(=O)C1CCCN1C(=O)c1cccc2cccc(O)c12. The van der Waals surface area contributed by atoms with Crippen molar-refractivity contribution in [1.82, 2.24) is 9.80 Å². The van der Waals surface area contributed by atoms with Gasteiger partial charge in [-0.25, -0.2) is 0 Å². The number of amides is 2. The van der Waals surface area contributed by atoms with Crippen LogP contribution in [0, 0.1) is 0 Å². The lowest BCUT2D eigenvalue weighted by atomic mass is 10.0. The molecule has 0 radical (unpaired) electrons. The van der Waals surface area contributed by atoms with Crippen LogP contribution >= 0.6 is 0 Å². The van der Waals surface area contributed by atoms with Crippen LogP contribution in [-0.2, 0) is 4.79 Å². The van der Waals surface area contributed by atoms with Crippen molar-refractivity contribution < 1.29 is 14.7 Å². The lowest BCUT2D eigenvalue weighted by molar-refractivity contribution is -0.132. The average Bonchev–Trinajstić information content (AvgIpc) is 3.02. The number of phenols is 1. The fourth-order valence-corrected chi connectivity index (χ4v) is 3.22. The van der Waals surface area contributed by atoms with Crippen molar-refractivity contribution in [3.05, 3.63) is 42.0 Å². The highest BCUT2D eigenvalue weighted by molar-refractivity contribution is 6.10. The summed E-state index contributed by atoms with van der Waals surface area (Å²) in [7, 11) is 3.40. The van der Waals surface area contributed by atoms with Gasteiger partial charge < -0.3 is 14.9 Å². The van der Waals surface area contributed by atoms with Crippen molar-refractivity contribution in [2.24, 2.45) is 0 Å². The molecule has 23 heavy (non-hydrogen) atoms. The molecule has 1 unspecified atom stereocenters. The number of carbonyl (C=O) groups excluding carboxylic acids is 2. The predicted molar refractivity (Wildman–Crippen MR) is 88.4 cm³/mol. The van der Waals surface area contributed by atoms with Crippen LogP contribution in [-0.4, -0.2) is 53.4 Å². The van der Waals surface area contributed by atoms with E-state index in [1.807, 2.05) is 12.1 Å². The second kappa shape index (κ2) is 5.91. The van der Waals surface area contributed by atoms with Crippen molar-refractivity contribution in [2.45, 2.75) is 18.9 Å². The molecule has 1 aliphatic heterocycles. The highest BCUT2D eigenvalue weighted by Gasteiger charge is 2.35. The highest BCUT2D eigenvalue weighted by Crippen LogP contribution is 2.30. The summed E-state index contributed by atoms with van der Waals surface area (Å²) in [5.74, 6) is -0.170. The van der Waals surface area contributed by atoms with Gasteiger partial charge in [-0.3, -0.25) is 9.59 Å². The molecule has 2 aromatic rings. The Bertz CT molecular complexity index is 765. The number of hydrogen-bond acceptors (Lipinski definition) is 3. The zero-order chi connectivity index (χ0) is 16.6. The zero-order valence-electron chi connectivity index (χ0n) is 13.3. The summed E-state index contributed by atoms with van der Waals surface area (Å²) in [6.07, 6.45) is 1.49. The average molecular weight is 312 g/mol. The highest BCUT2D eigenvalue weighted by atomic mass is 16.3. The van der Waals surface area contributed by atoms with Gasteiger partial charge in [-0.15, -0.1) is 0 Å². The van der Waals surface area contributed by atoms with Crippen molar-refractivity contribution in [3.63, 3.8) is 0 Å². The van der Waals surface area contributed by atoms with E-state index in [-0.39, 0.29) is 17.6 Å². The largest absolute Gasteiger partial charge is 0.507 e. The molecular weight excluding hydrogens is 292 g/mol. The van der Waals surface area contributed by atoms with E-state index in [2.05, 4.69) is 0 Å². The molecule has 5 heteroatoms. The topological polar surface area (TPSA) is 60.9 Å². The third-order valence-electron chi connectivity index (χ3n) is 4.35. The summed E-state index contributed by atoms with van der Waals surface area (Å²) in [6.45, 7) is 0.563. The van der Waals surface area contributed by atoms with Crippen LogP contribution in [0.2, 0.25) is 0 Å². The third-order valence-corrected chi connectivity index (χ3v) is 4.35. The first-order chi connectivity index (χ1) is 11.0. The molecule has 5 nitrogen and oxygen atoms in total. The summed E-state index contributed by atoms with van der Waals surface area (Å²) in [5.41, 5.74) is 0.444. The summed E-state index contributed by atoms with van der Waals surface area (Å²) in [6, 6.07) is 10.1. The number of fused-ring (bicyclic) bond motifs is 1. The molecule has 1 aliphatic rings. The minimum absolute atomic E-state index is 0.0553. The van der Waals surface area contributed by atoms with E-state index in [1.54, 1.807) is 43.3 Å². The molecule has 2 aromatic carbocycles. The lowest BCUT2D eigenvalue weighted by Crippen LogP contribution is -2.45. The zero-order valence-corrected chi connectivity index (χ0v) is 13.3. The van der Waals surface area contributed by atoms with Crippen LogP contribution in [0.3, 0.4) is 0 Å². The Morgan fingerprint density at radius 1 is 1.17 bits per heavy atom. The normalized spacial score (nSPS) is 17.5. The second-order valence-electron chi connectivity index (χ2n) is 6.07. The number of phenolic OH excluding ortho intramolecular Hbond substituents is 1. The minimum Gasteiger partial charge on any atom is -0.507 e. The Labute approximate surface area is 135 Å². The van der Waals surface area contributed by atoms with Gasteiger partial charge in [0.2, 0.25) is 5.91 Å². The maximum Gasteiger partial charge on any atom is 0.255 e. The van der Waals surface area contributed by atoms with Gasteiger partial charge in [0.15, 0.2) is 0 Å². The molecule has 2 amide bonds. The van der Waals surface area contributed by atoms with E-state index in [0.717, 1.165) is 11.8 Å². The Kier molecular flexibility index (Phi) is 3.94. The molecule has 1 N–H and O–H groups in total.